The van der Waals surface area contributed by atoms with Crippen LogP contribution in [0.25, 0.3) is 10.8 Å². The van der Waals surface area contributed by atoms with E-state index in [4.69, 9.17) is 0 Å². The molecule has 0 saturated heterocycles. The van der Waals surface area contributed by atoms with Crippen molar-refractivity contribution >= 4 is 16.5 Å². The molecule has 3 nitrogen and oxygen atoms in total. The lowest BCUT2D eigenvalue weighted by Crippen LogP contribution is -1.73. The van der Waals surface area contributed by atoms with Crippen molar-refractivity contribution in [3.05, 3.63) is 41.3 Å². The molecule has 0 saturated carbocycles. The van der Waals surface area contributed by atoms with Crippen LogP contribution < -0.4 is 0 Å². The Morgan fingerprint density at radius 2 is 1.77 bits per heavy atom. The summed E-state index contributed by atoms with van der Waals surface area (Å²) in [5.74, 6) is 0.0905. The third-order valence-electron chi connectivity index (χ3n) is 1.96. The SMILES string of the molecule is O=Nc1cccc2cccc(O)c12. The van der Waals surface area contributed by atoms with Gasteiger partial charge < -0.3 is 5.11 Å². The van der Waals surface area contributed by atoms with Crippen molar-refractivity contribution in [2.45, 2.75) is 0 Å². The summed E-state index contributed by atoms with van der Waals surface area (Å²) in [7, 11) is 0. The molecule has 0 spiro atoms. The molecule has 0 aromatic heterocycles. The second-order valence-corrected chi connectivity index (χ2v) is 2.74. The second-order valence-electron chi connectivity index (χ2n) is 2.74. The average molecular weight is 173 g/mol. The highest BCUT2D eigenvalue weighted by Crippen LogP contribution is 2.32. The molecule has 0 heterocycles. The molecule has 3 heteroatoms. The number of nitrogens with zero attached hydrogens (tertiary/aromatic N) is 1. The van der Waals surface area contributed by atoms with Gasteiger partial charge in [0.2, 0.25) is 0 Å². The molecule has 0 radical (unpaired) electrons. The van der Waals surface area contributed by atoms with Gasteiger partial charge in [-0.1, -0.05) is 24.3 Å². The normalized spacial score (nSPS) is 10.2. The Labute approximate surface area is 74.6 Å². The first-order valence-electron chi connectivity index (χ1n) is 3.87. The first-order valence-corrected chi connectivity index (χ1v) is 3.87. The van der Waals surface area contributed by atoms with Crippen molar-refractivity contribution in [3.63, 3.8) is 0 Å². The molecule has 1 N–H and O–H groups in total. The molecule has 13 heavy (non-hydrogen) atoms. The molecular formula is C10H7NO2. The zero-order valence-electron chi connectivity index (χ0n) is 6.77. The first kappa shape index (κ1) is 7.73. The molecule has 2 aromatic rings. The van der Waals surface area contributed by atoms with E-state index < -0.39 is 0 Å². The Bertz CT molecular complexity index is 460. The van der Waals surface area contributed by atoms with E-state index in [0.29, 0.717) is 5.39 Å². The minimum atomic E-state index is 0.0905. The van der Waals surface area contributed by atoms with Crippen molar-refractivity contribution in [3.8, 4) is 5.75 Å². The van der Waals surface area contributed by atoms with Gasteiger partial charge in [-0.2, -0.15) is 0 Å². The van der Waals surface area contributed by atoms with Crippen molar-refractivity contribution in [2.75, 3.05) is 0 Å². The average Bonchev–Trinajstić information content (AvgIpc) is 2.17. The summed E-state index contributed by atoms with van der Waals surface area (Å²) >= 11 is 0. The van der Waals surface area contributed by atoms with E-state index in [0.717, 1.165) is 5.39 Å². The lowest BCUT2D eigenvalue weighted by atomic mass is 10.1. The molecule has 2 aromatic carbocycles. The van der Waals surface area contributed by atoms with Crippen LogP contribution in [0.5, 0.6) is 5.75 Å². The topological polar surface area (TPSA) is 49.7 Å². The summed E-state index contributed by atoms with van der Waals surface area (Å²) in [6.07, 6.45) is 0. The highest BCUT2D eigenvalue weighted by atomic mass is 16.3. The first-order chi connectivity index (χ1) is 6.33. The molecule has 0 amide bonds. The fourth-order valence-electron chi connectivity index (χ4n) is 1.38. The van der Waals surface area contributed by atoms with E-state index in [9.17, 15) is 10.0 Å². The summed E-state index contributed by atoms with van der Waals surface area (Å²) in [5.41, 5.74) is 0.274. The molecule has 2 rings (SSSR count). The van der Waals surface area contributed by atoms with Crippen molar-refractivity contribution < 1.29 is 5.11 Å². The number of benzene rings is 2. The van der Waals surface area contributed by atoms with E-state index in [1.807, 2.05) is 12.1 Å². The van der Waals surface area contributed by atoms with Gasteiger partial charge in [0, 0.05) is 0 Å². The summed E-state index contributed by atoms with van der Waals surface area (Å²) in [6, 6.07) is 10.2. The van der Waals surface area contributed by atoms with Gasteiger partial charge in [0.15, 0.2) is 0 Å². The lowest BCUT2D eigenvalue weighted by molar-refractivity contribution is 0.482. The number of phenolic OH excluding ortho intramolecular Hbond substituents is 1. The summed E-state index contributed by atoms with van der Waals surface area (Å²) in [6.45, 7) is 0. The molecule has 0 unspecified atom stereocenters. The van der Waals surface area contributed by atoms with Gasteiger partial charge in [0.25, 0.3) is 0 Å². The van der Waals surface area contributed by atoms with E-state index in [2.05, 4.69) is 5.18 Å². The van der Waals surface area contributed by atoms with Crippen molar-refractivity contribution in [1.82, 2.24) is 0 Å². The molecular weight excluding hydrogens is 166 g/mol. The van der Waals surface area contributed by atoms with Crippen LogP contribution in [0.3, 0.4) is 0 Å². The van der Waals surface area contributed by atoms with Crippen LogP contribution in [-0.2, 0) is 0 Å². The minimum absolute atomic E-state index is 0.0905. The lowest BCUT2D eigenvalue weighted by Gasteiger charge is -2.00. The van der Waals surface area contributed by atoms with Crippen LogP contribution in [0, 0.1) is 4.91 Å². The standard InChI is InChI=1S/C10H7NO2/c12-9-6-2-4-7-3-1-5-8(11-13)10(7)9/h1-6,12H. The van der Waals surface area contributed by atoms with Crippen LogP contribution in [0.1, 0.15) is 0 Å². The quantitative estimate of drug-likeness (QED) is 0.674. The number of rotatable bonds is 1. The summed E-state index contributed by atoms with van der Waals surface area (Å²) < 4.78 is 0. The van der Waals surface area contributed by atoms with E-state index in [1.165, 1.54) is 6.07 Å². The number of hydrogen-bond acceptors (Lipinski definition) is 3. The highest BCUT2D eigenvalue weighted by Gasteiger charge is 2.04. The molecule has 0 aliphatic rings. The third-order valence-corrected chi connectivity index (χ3v) is 1.96. The van der Waals surface area contributed by atoms with Gasteiger partial charge >= 0.3 is 0 Å². The van der Waals surface area contributed by atoms with E-state index >= 15 is 0 Å². The minimum Gasteiger partial charge on any atom is -0.507 e. The number of aromatic hydroxyl groups is 1. The largest absolute Gasteiger partial charge is 0.507 e. The van der Waals surface area contributed by atoms with E-state index in [-0.39, 0.29) is 11.4 Å². The Balaban J connectivity index is 2.94. The Hall–Kier alpha value is -1.90. The molecule has 64 valence electrons. The number of hydrogen-bond donors (Lipinski definition) is 1. The Morgan fingerprint density at radius 3 is 2.46 bits per heavy atom. The Morgan fingerprint density at radius 1 is 1.08 bits per heavy atom. The van der Waals surface area contributed by atoms with Crippen molar-refractivity contribution in [1.29, 1.82) is 0 Å². The molecule has 0 aliphatic carbocycles. The number of fused-ring (bicyclic) bond motifs is 1. The number of nitroso groups, excluding NO2 is 1. The van der Waals surface area contributed by atoms with Gasteiger partial charge in [0.1, 0.15) is 11.4 Å². The van der Waals surface area contributed by atoms with Crippen LogP contribution in [0.2, 0.25) is 0 Å². The predicted octanol–water partition coefficient (Wildman–Crippen LogP) is 2.94. The van der Waals surface area contributed by atoms with Crippen molar-refractivity contribution in [2.24, 2.45) is 5.18 Å². The van der Waals surface area contributed by atoms with Crippen LogP contribution >= 0.6 is 0 Å². The molecule has 0 fully saturated rings. The maximum Gasteiger partial charge on any atom is 0.125 e. The van der Waals surface area contributed by atoms with Gasteiger partial charge in [-0.15, -0.1) is 4.91 Å². The maximum absolute atomic E-state index is 10.4. The monoisotopic (exact) mass is 173 g/mol. The summed E-state index contributed by atoms with van der Waals surface area (Å²) in [4.78, 5) is 10.4. The molecule has 0 aliphatic heterocycles. The zero-order chi connectivity index (χ0) is 9.26. The molecule has 0 bridgehead atoms. The summed E-state index contributed by atoms with van der Waals surface area (Å²) in [5, 5.41) is 13.7. The van der Waals surface area contributed by atoms with Crippen LogP contribution in [0.4, 0.5) is 5.69 Å². The van der Waals surface area contributed by atoms with Gasteiger partial charge in [-0.05, 0) is 22.7 Å². The maximum atomic E-state index is 10.4. The number of phenols is 1. The smallest absolute Gasteiger partial charge is 0.125 e. The highest BCUT2D eigenvalue weighted by molar-refractivity contribution is 5.97. The predicted molar refractivity (Wildman–Crippen MR) is 51.1 cm³/mol. The van der Waals surface area contributed by atoms with Gasteiger partial charge in [-0.25, -0.2) is 0 Å². The van der Waals surface area contributed by atoms with Gasteiger partial charge in [-0.3, -0.25) is 0 Å². The zero-order valence-corrected chi connectivity index (χ0v) is 6.77. The fourth-order valence-corrected chi connectivity index (χ4v) is 1.38. The Kier molecular flexibility index (Phi) is 1.70. The van der Waals surface area contributed by atoms with E-state index in [1.54, 1.807) is 18.2 Å². The molecule has 0 atom stereocenters. The van der Waals surface area contributed by atoms with Gasteiger partial charge in [0.05, 0.1) is 5.39 Å². The van der Waals surface area contributed by atoms with Crippen LogP contribution in [-0.4, -0.2) is 5.11 Å². The van der Waals surface area contributed by atoms with Crippen LogP contribution in [0.15, 0.2) is 41.6 Å². The second kappa shape index (κ2) is 2.86. The fraction of sp³-hybridized carbons (Fsp3) is 0. The third kappa shape index (κ3) is 1.14.